The first-order chi connectivity index (χ1) is 11.6. The van der Waals surface area contributed by atoms with Gasteiger partial charge in [0, 0.05) is 24.0 Å². The van der Waals surface area contributed by atoms with Crippen LogP contribution in [0.1, 0.15) is 52.5 Å². The highest BCUT2D eigenvalue weighted by Crippen LogP contribution is 2.28. The van der Waals surface area contributed by atoms with E-state index < -0.39 is 0 Å². The number of aryl methyl sites for hydroxylation is 1. The molecule has 3 rings (SSSR count). The van der Waals surface area contributed by atoms with Crippen LogP contribution in [0.2, 0.25) is 0 Å². The van der Waals surface area contributed by atoms with Gasteiger partial charge in [0.1, 0.15) is 0 Å². The van der Waals surface area contributed by atoms with E-state index in [2.05, 4.69) is 40.9 Å². The fourth-order valence-electron chi connectivity index (χ4n) is 3.23. The van der Waals surface area contributed by atoms with Crippen molar-refractivity contribution < 1.29 is 14.7 Å². The lowest BCUT2D eigenvalue weighted by Gasteiger charge is -2.17. The summed E-state index contributed by atoms with van der Waals surface area (Å²) in [4.78, 5) is 12.3. The third-order valence-corrected chi connectivity index (χ3v) is 4.39. The average Bonchev–Trinajstić information content (AvgIpc) is 2.96. The highest BCUT2D eigenvalue weighted by atomic mass is 16.5. The van der Waals surface area contributed by atoms with Gasteiger partial charge in [-0.05, 0) is 38.7 Å². The van der Waals surface area contributed by atoms with Gasteiger partial charge in [0.15, 0.2) is 0 Å². The quantitative estimate of drug-likeness (QED) is 0.531. The molecule has 2 aromatic rings. The Morgan fingerprint density at radius 3 is 2.71 bits per heavy atom. The van der Waals surface area contributed by atoms with Gasteiger partial charge in [0.05, 0.1) is 17.9 Å². The van der Waals surface area contributed by atoms with Crippen molar-refractivity contribution >= 4 is 11.7 Å². The van der Waals surface area contributed by atoms with Crippen molar-refractivity contribution in [2.24, 2.45) is 5.16 Å². The van der Waals surface area contributed by atoms with Crippen LogP contribution in [0.25, 0.3) is 0 Å². The number of oxime groups is 1. The van der Waals surface area contributed by atoms with E-state index >= 15 is 0 Å². The first-order valence-electron chi connectivity index (χ1n) is 8.30. The number of hydrogen-bond acceptors (Lipinski definition) is 4. The van der Waals surface area contributed by atoms with Crippen LogP contribution in [-0.2, 0) is 17.7 Å². The van der Waals surface area contributed by atoms with Gasteiger partial charge in [-0.2, -0.15) is 0 Å². The van der Waals surface area contributed by atoms with Crippen LogP contribution in [0.3, 0.4) is 0 Å². The predicted molar refractivity (Wildman–Crippen MR) is 91.9 cm³/mol. The van der Waals surface area contributed by atoms with E-state index in [0.717, 1.165) is 24.1 Å². The van der Waals surface area contributed by atoms with Gasteiger partial charge in [0.2, 0.25) is 0 Å². The van der Waals surface area contributed by atoms with E-state index in [1.54, 1.807) is 6.92 Å². The molecule has 5 heteroatoms. The minimum absolute atomic E-state index is 0.322. The molecule has 1 aromatic carbocycles. The number of esters is 1. The van der Waals surface area contributed by atoms with E-state index in [4.69, 9.17) is 4.74 Å². The molecule has 0 unspecified atom stereocenters. The Hall–Kier alpha value is -2.56. The van der Waals surface area contributed by atoms with E-state index in [1.165, 1.54) is 11.1 Å². The molecule has 0 saturated heterocycles. The zero-order valence-electron chi connectivity index (χ0n) is 14.1. The van der Waals surface area contributed by atoms with Crippen molar-refractivity contribution in [1.29, 1.82) is 0 Å². The topological polar surface area (TPSA) is 63.8 Å². The number of aromatic nitrogens is 1. The summed E-state index contributed by atoms with van der Waals surface area (Å²) in [6, 6.07) is 8.35. The van der Waals surface area contributed by atoms with Crippen molar-refractivity contribution in [3.8, 4) is 0 Å². The number of benzene rings is 1. The summed E-state index contributed by atoms with van der Waals surface area (Å²) in [5.41, 5.74) is 5.23. The third-order valence-electron chi connectivity index (χ3n) is 4.39. The Bertz CT molecular complexity index is 773. The molecule has 0 saturated carbocycles. The maximum Gasteiger partial charge on any atom is 0.340 e. The lowest BCUT2D eigenvalue weighted by Crippen LogP contribution is -2.17. The van der Waals surface area contributed by atoms with Crippen molar-refractivity contribution in [2.75, 3.05) is 6.61 Å². The number of carbonyl (C=O) groups excluding carboxylic acids is 1. The highest BCUT2D eigenvalue weighted by molar-refractivity contribution is 6.10. The molecule has 0 fully saturated rings. The minimum atomic E-state index is -0.362. The Balaban J connectivity index is 2.03. The fourth-order valence-corrected chi connectivity index (χ4v) is 3.23. The SMILES string of the molecule is CCOC(=O)c1cn(Cc2ccc(C)cc2)c2c1C(=NO)CCC2. The van der Waals surface area contributed by atoms with Gasteiger partial charge >= 0.3 is 5.97 Å². The number of fused-ring (bicyclic) bond motifs is 1. The second-order valence-corrected chi connectivity index (χ2v) is 6.10. The van der Waals surface area contributed by atoms with Gasteiger partial charge in [-0.25, -0.2) is 4.79 Å². The predicted octanol–water partition coefficient (Wildman–Crippen LogP) is 3.54. The van der Waals surface area contributed by atoms with E-state index in [1.807, 2.05) is 6.20 Å². The molecule has 0 radical (unpaired) electrons. The van der Waals surface area contributed by atoms with Crippen LogP contribution in [0.5, 0.6) is 0 Å². The van der Waals surface area contributed by atoms with Crippen molar-refractivity contribution in [1.82, 2.24) is 4.57 Å². The summed E-state index contributed by atoms with van der Waals surface area (Å²) in [5, 5.41) is 12.7. The molecule has 24 heavy (non-hydrogen) atoms. The van der Waals surface area contributed by atoms with Crippen molar-refractivity contribution in [3.05, 3.63) is 58.4 Å². The fraction of sp³-hybridized carbons (Fsp3) is 0.368. The Labute approximate surface area is 141 Å². The van der Waals surface area contributed by atoms with Gasteiger partial charge in [-0.1, -0.05) is 35.0 Å². The van der Waals surface area contributed by atoms with Gasteiger partial charge in [-0.3, -0.25) is 0 Å². The number of ether oxygens (including phenoxy) is 1. The molecule has 0 amide bonds. The second-order valence-electron chi connectivity index (χ2n) is 6.10. The Morgan fingerprint density at radius 1 is 1.29 bits per heavy atom. The monoisotopic (exact) mass is 326 g/mol. The lowest BCUT2D eigenvalue weighted by molar-refractivity contribution is 0.0526. The Kier molecular flexibility index (Phi) is 4.69. The van der Waals surface area contributed by atoms with Crippen LogP contribution in [0.15, 0.2) is 35.6 Å². The molecule has 0 spiro atoms. The first kappa shape index (κ1) is 16.3. The summed E-state index contributed by atoms with van der Waals surface area (Å²) in [7, 11) is 0. The van der Waals surface area contributed by atoms with Gasteiger partial charge in [0.25, 0.3) is 0 Å². The van der Waals surface area contributed by atoms with Crippen LogP contribution in [-0.4, -0.2) is 28.1 Å². The van der Waals surface area contributed by atoms with Crippen LogP contribution >= 0.6 is 0 Å². The molecule has 5 nitrogen and oxygen atoms in total. The summed E-state index contributed by atoms with van der Waals surface area (Å²) in [6.45, 7) is 4.85. The van der Waals surface area contributed by atoms with Crippen LogP contribution < -0.4 is 0 Å². The molecule has 1 heterocycles. The summed E-state index contributed by atoms with van der Waals surface area (Å²) in [6.07, 6.45) is 4.27. The van der Waals surface area contributed by atoms with E-state index in [-0.39, 0.29) is 5.97 Å². The molecule has 0 bridgehead atoms. The molecular formula is C19H22N2O3. The summed E-state index contributed by atoms with van der Waals surface area (Å²) in [5.74, 6) is -0.362. The zero-order chi connectivity index (χ0) is 17.1. The number of carbonyl (C=O) groups is 1. The molecular weight excluding hydrogens is 304 g/mol. The molecule has 0 atom stereocenters. The largest absolute Gasteiger partial charge is 0.462 e. The molecule has 1 aliphatic rings. The number of hydrogen-bond donors (Lipinski definition) is 1. The van der Waals surface area contributed by atoms with Crippen LogP contribution in [0, 0.1) is 6.92 Å². The van der Waals surface area contributed by atoms with Gasteiger partial charge < -0.3 is 14.5 Å². The zero-order valence-corrected chi connectivity index (χ0v) is 14.1. The standard InChI is InChI=1S/C19H22N2O3/c1-3-24-19(22)15-12-21(11-14-9-7-13(2)8-10-14)17-6-4-5-16(20-23)18(15)17/h7-10,12,23H,3-6,11H2,1-2H3. The minimum Gasteiger partial charge on any atom is -0.462 e. The van der Waals surface area contributed by atoms with E-state index in [0.29, 0.717) is 30.8 Å². The third kappa shape index (κ3) is 3.07. The molecule has 0 aliphatic heterocycles. The van der Waals surface area contributed by atoms with Crippen molar-refractivity contribution in [2.45, 2.75) is 39.7 Å². The molecule has 1 N–H and O–H groups in total. The normalized spacial score (nSPS) is 15.3. The molecule has 1 aliphatic carbocycles. The lowest BCUT2D eigenvalue weighted by atomic mass is 9.93. The second kappa shape index (κ2) is 6.91. The van der Waals surface area contributed by atoms with E-state index in [9.17, 15) is 10.0 Å². The maximum absolute atomic E-state index is 12.3. The molecule has 1 aromatic heterocycles. The highest BCUT2D eigenvalue weighted by Gasteiger charge is 2.28. The number of nitrogens with zero attached hydrogens (tertiary/aromatic N) is 2. The van der Waals surface area contributed by atoms with Crippen LogP contribution in [0.4, 0.5) is 0 Å². The maximum atomic E-state index is 12.3. The first-order valence-corrected chi connectivity index (χ1v) is 8.30. The average molecular weight is 326 g/mol. The summed E-state index contributed by atoms with van der Waals surface area (Å²) < 4.78 is 7.26. The van der Waals surface area contributed by atoms with Crippen molar-refractivity contribution in [3.63, 3.8) is 0 Å². The smallest absolute Gasteiger partial charge is 0.340 e. The Morgan fingerprint density at radius 2 is 2.04 bits per heavy atom. The number of rotatable bonds is 4. The molecule has 126 valence electrons. The van der Waals surface area contributed by atoms with Gasteiger partial charge in [-0.15, -0.1) is 0 Å². The summed E-state index contributed by atoms with van der Waals surface area (Å²) >= 11 is 0.